The predicted molar refractivity (Wildman–Crippen MR) is 128 cm³/mol. The molecular formula is C23H29ClN6O4. The zero-order valence-electron chi connectivity index (χ0n) is 19.1. The van der Waals surface area contributed by atoms with Crippen LogP contribution in [0.4, 0.5) is 16.4 Å². The quantitative estimate of drug-likeness (QED) is 0.540. The van der Waals surface area contributed by atoms with E-state index >= 15 is 0 Å². The average molecular weight is 489 g/mol. The average Bonchev–Trinajstić information content (AvgIpc) is 3.33. The summed E-state index contributed by atoms with van der Waals surface area (Å²) in [5.41, 5.74) is 1.22. The highest BCUT2D eigenvalue weighted by Crippen LogP contribution is 2.30. The minimum Gasteiger partial charge on any atom is -0.453 e. The van der Waals surface area contributed by atoms with E-state index in [-0.39, 0.29) is 17.9 Å². The number of aromatic nitrogens is 3. The second-order valence-corrected chi connectivity index (χ2v) is 9.01. The first-order valence-electron chi connectivity index (χ1n) is 11.5. The monoisotopic (exact) mass is 488 g/mol. The molecule has 11 heteroatoms. The maximum absolute atomic E-state index is 12.8. The van der Waals surface area contributed by atoms with Gasteiger partial charge in [-0.2, -0.15) is 0 Å². The van der Waals surface area contributed by atoms with Crippen molar-refractivity contribution in [2.24, 2.45) is 11.8 Å². The Morgan fingerprint density at radius 3 is 2.76 bits per heavy atom. The van der Waals surface area contributed by atoms with Crippen molar-refractivity contribution in [3.8, 4) is 11.3 Å². The van der Waals surface area contributed by atoms with Crippen LogP contribution in [0.2, 0.25) is 5.02 Å². The molecule has 3 N–H and O–H groups in total. The number of anilines is 2. The summed E-state index contributed by atoms with van der Waals surface area (Å²) in [6, 6.07) is 1.62. The van der Waals surface area contributed by atoms with Crippen LogP contribution < -0.4 is 16.0 Å². The minimum absolute atomic E-state index is 0.0800. The zero-order valence-corrected chi connectivity index (χ0v) is 19.8. The normalized spacial score (nSPS) is 20.5. The van der Waals surface area contributed by atoms with Gasteiger partial charge in [-0.05, 0) is 44.1 Å². The van der Waals surface area contributed by atoms with Crippen molar-refractivity contribution in [2.75, 3.05) is 37.5 Å². The number of methoxy groups -OCH3 is 1. The second-order valence-electron chi connectivity index (χ2n) is 8.61. The van der Waals surface area contributed by atoms with Crippen LogP contribution in [-0.4, -0.2) is 59.9 Å². The minimum atomic E-state index is -0.486. The fourth-order valence-corrected chi connectivity index (χ4v) is 4.49. The first kappa shape index (κ1) is 24.2. The molecule has 2 amide bonds. The van der Waals surface area contributed by atoms with E-state index in [1.54, 1.807) is 18.5 Å². The molecule has 2 fully saturated rings. The molecular weight excluding hydrogens is 460 g/mol. The molecule has 0 radical (unpaired) electrons. The lowest BCUT2D eigenvalue weighted by Crippen LogP contribution is -2.33. The van der Waals surface area contributed by atoms with Gasteiger partial charge in [0.05, 0.1) is 30.2 Å². The van der Waals surface area contributed by atoms with Gasteiger partial charge in [0, 0.05) is 43.5 Å². The van der Waals surface area contributed by atoms with E-state index in [2.05, 4.69) is 35.6 Å². The highest BCUT2D eigenvalue weighted by Gasteiger charge is 2.31. The summed E-state index contributed by atoms with van der Waals surface area (Å²) in [7, 11) is 1.32. The first-order valence-corrected chi connectivity index (χ1v) is 11.8. The Morgan fingerprint density at radius 1 is 1.15 bits per heavy atom. The fourth-order valence-electron chi connectivity index (χ4n) is 4.29. The molecule has 2 atom stereocenters. The van der Waals surface area contributed by atoms with Crippen LogP contribution in [0.15, 0.2) is 24.7 Å². The van der Waals surface area contributed by atoms with Crippen molar-refractivity contribution in [3.05, 3.63) is 29.7 Å². The van der Waals surface area contributed by atoms with Gasteiger partial charge >= 0.3 is 6.09 Å². The number of carbonyl (C=O) groups excluding carboxylic acids is 2. The Balaban J connectivity index is 1.39. The van der Waals surface area contributed by atoms with E-state index in [0.717, 1.165) is 39.0 Å². The van der Waals surface area contributed by atoms with E-state index in [4.69, 9.17) is 16.3 Å². The molecule has 182 valence electrons. The number of hydrogen-bond donors (Lipinski definition) is 3. The van der Waals surface area contributed by atoms with Gasteiger partial charge in [0.2, 0.25) is 5.91 Å². The van der Waals surface area contributed by atoms with Crippen molar-refractivity contribution in [3.63, 3.8) is 0 Å². The summed E-state index contributed by atoms with van der Waals surface area (Å²) in [6.45, 7) is 2.39. The maximum Gasteiger partial charge on any atom is 0.407 e. The Bertz CT molecular complexity index is 1020. The lowest BCUT2D eigenvalue weighted by atomic mass is 10.0. The van der Waals surface area contributed by atoms with E-state index in [1.807, 2.05) is 0 Å². The highest BCUT2D eigenvalue weighted by atomic mass is 35.5. The van der Waals surface area contributed by atoms with Crippen LogP contribution in [0.5, 0.6) is 0 Å². The molecule has 0 aromatic carbocycles. The molecule has 2 aliphatic rings. The molecule has 0 bridgehead atoms. The van der Waals surface area contributed by atoms with E-state index in [9.17, 15) is 9.59 Å². The van der Waals surface area contributed by atoms with Gasteiger partial charge in [0.25, 0.3) is 0 Å². The van der Waals surface area contributed by atoms with Gasteiger partial charge in [-0.1, -0.05) is 11.6 Å². The van der Waals surface area contributed by atoms with Crippen LogP contribution >= 0.6 is 11.6 Å². The number of ether oxygens (including phenoxy) is 2. The van der Waals surface area contributed by atoms with Gasteiger partial charge in [0.15, 0.2) is 0 Å². The first-order chi connectivity index (χ1) is 16.5. The summed E-state index contributed by atoms with van der Waals surface area (Å²) in [5, 5.41) is 9.38. The highest BCUT2D eigenvalue weighted by molar-refractivity contribution is 6.33. The molecule has 1 aliphatic heterocycles. The number of nitrogens with zero attached hydrogens (tertiary/aromatic N) is 3. The third kappa shape index (κ3) is 6.32. The lowest BCUT2D eigenvalue weighted by Gasteiger charge is -2.22. The summed E-state index contributed by atoms with van der Waals surface area (Å²) >= 11 is 6.40. The molecule has 3 heterocycles. The van der Waals surface area contributed by atoms with Crippen molar-refractivity contribution in [1.29, 1.82) is 0 Å². The summed E-state index contributed by atoms with van der Waals surface area (Å²) in [6.07, 6.45) is 8.32. The molecule has 1 aliphatic carbocycles. The van der Waals surface area contributed by atoms with Gasteiger partial charge in [-0.25, -0.2) is 14.8 Å². The second kappa shape index (κ2) is 11.4. The summed E-state index contributed by atoms with van der Waals surface area (Å²) < 4.78 is 10.0. The van der Waals surface area contributed by atoms with E-state index in [0.29, 0.717) is 46.7 Å². The third-order valence-electron chi connectivity index (χ3n) is 6.24. The number of alkyl carbamates (subject to hydrolysis) is 1. The predicted octanol–water partition coefficient (Wildman–Crippen LogP) is 3.49. The molecule has 2 aromatic heterocycles. The largest absolute Gasteiger partial charge is 0.453 e. The topological polar surface area (TPSA) is 127 Å². The van der Waals surface area contributed by atoms with E-state index < -0.39 is 6.09 Å². The molecule has 0 spiro atoms. The Morgan fingerprint density at radius 2 is 1.97 bits per heavy atom. The molecule has 4 rings (SSSR count). The third-order valence-corrected chi connectivity index (χ3v) is 6.54. The van der Waals surface area contributed by atoms with Gasteiger partial charge in [-0.15, -0.1) is 0 Å². The Hall–Kier alpha value is -2.98. The van der Waals surface area contributed by atoms with Gasteiger partial charge in [0.1, 0.15) is 11.6 Å². The van der Waals surface area contributed by atoms with Crippen molar-refractivity contribution in [2.45, 2.75) is 38.1 Å². The maximum atomic E-state index is 12.8. The fraction of sp³-hybridized carbons (Fsp3) is 0.522. The summed E-state index contributed by atoms with van der Waals surface area (Å²) in [4.78, 5) is 37.4. The molecule has 0 unspecified atom stereocenters. The number of hydrogen-bond acceptors (Lipinski definition) is 8. The van der Waals surface area contributed by atoms with Crippen LogP contribution in [0.25, 0.3) is 11.3 Å². The van der Waals surface area contributed by atoms with Crippen molar-refractivity contribution in [1.82, 2.24) is 20.3 Å². The van der Waals surface area contributed by atoms with Crippen molar-refractivity contribution < 1.29 is 19.1 Å². The number of pyridine rings is 1. The number of rotatable bonds is 7. The van der Waals surface area contributed by atoms with Crippen LogP contribution in [0.3, 0.4) is 0 Å². The smallest absolute Gasteiger partial charge is 0.407 e. The summed E-state index contributed by atoms with van der Waals surface area (Å²) in [5.74, 6) is 1.23. The lowest BCUT2D eigenvalue weighted by molar-refractivity contribution is -0.119. The molecule has 1 saturated heterocycles. The molecule has 34 heavy (non-hydrogen) atoms. The molecule has 10 nitrogen and oxygen atoms in total. The van der Waals surface area contributed by atoms with Crippen molar-refractivity contribution >= 4 is 35.2 Å². The number of amides is 2. The Labute approximate surface area is 203 Å². The SMILES string of the molecule is COC(=O)N[C@@H]1CC[C@@H](C(=O)Nc2cc(-c3cncc(NCC4CCOCC4)n3)c(Cl)cn2)C1. The molecule has 2 aromatic rings. The van der Waals surface area contributed by atoms with Gasteiger partial charge in [-0.3, -0.25) is 9.78 Å². The standard InChI is InChI=1S/C23H29ClN6O4/c1-33-23(32)28-16-3-2-15(8-16)22(31)30-20-9-17(18(24)11-27-20)19-12-25-13-21(29-19)26-10-14-4-6-34-7-5-14/h9,11-16H,2-8,10H2,1H3,(H,26,29)(H,28,32)(H,27,30,31)/t15-,16-/m1/s1. The Kier molecular flexibility index (Phi) is 8.12. The number of nitrogens with one attached hydrogen (secondary N) is 3. The van der Waals surface area contributed by atoms with E-state index in [1.165, 1.54) is 13.3 Å². The van der Waals surface area contributed by atoms with Gasteiger partial charge < -0.3 is 25.4 Å². The van der Waals surface area contributed by atoms with Crippen LogP contribution in [-0.2, 0) is 14.3 Å². The number of halogens is 1. The molecule has 1 saturated carbocycles. The van der Waals surface area contributed by atoms with Crippen LogP contribution in [0.1, 0.15) is 32.1 Å². The van der Waals surface area contributed by atoms with Crippen LogP contribution in [0, 0.1) is 11.8 Å². The zero-order chi connectivity index (χ0) is 23.9. The number of carbonyl (C=O) groups is 2.